The van der Waals surface area contributed by atoms with Crippen LogP contribution >= 0.6 is 0 Å². The number of benzene rings is 1. The Morgan fingerprint density at radius 1 is 1.15 bits per heavy atom. The van der Waals surface area contributed by atoms with E-state index in [1.54, 1.807) is 30.1 Å². The third-order valence-electron chi connectivity index (χ3n) is 5.37. The predicted octanol–water partition coefficient (Wildman–Crippen LogP) is 5.77. The molecule has 1 aromatic carbocycles. The summed E-state index contributed by atoms with van der Waals surface area (Å²) in [6, 6.07) is 7.43. The molecule has 4 rings (SSSR count). The van der Waals surface area contributed by atoms with E-state index in [9.17, 15) is 4.39 Å². The first-order chi connectivity index (χ1) is 13.1. The smallest absolute Gasteiger partial charge is 0.133 e. The van der Waals surface area contributed by atoms with Crippen LogP contribution in [0.3, 0.4) is 0 Å². The molecule has 2 aromatic heterocycles. The Bertz CT molecular complexity index is 944. The summed E-state index contributed by atoms with van der Waals surface area (Å²) >= 11 is 0. The van der Waals surface area contributed by atoms with E-state index >= 15 is 0 Å². The van der Waals surface area contributed by atoms with Crippen LogP contribution in [0.25, 0.3) is 11.3 Å². The van der Waals surface area contributed by atoms with E-state index in [0.717, 1.165) is 29.7 Å². The summed E-state index contributed by atoms with van der Waals surface area (Å²) < 4.78 is 22.7. The zero-order valence-corrected chi connectivity index (χ0v) is 15.8. The molecule has 0 spiro atoms. The second-order valence-corrected chi connectivity index (χ2v) is 7.31. The highest BCUT2D eigenvalue weighted by atomic mass is 19.1. The Morgan fingerprint density at radius 3 is 2.70 bits per heavy atom. The molecule has 0 amide bonds. The van der Waals surface area contributed by atoms with Crippen molar-refractivity contribution in [2.24, 2.45) is 7.05 Å². The van der Waals surface area contributed by atoms with Gasteiger partial charge in [-0.1, -0.05) is 25.3 Å². The Balaban J connectivity index is 1.58. The van der Waals surface area contributed by atoms with Crippen molar-refractivity contribution in [1.82, 2.24) is 14.8 Å². The van der Waals surface area contributed by atoms with E-state index in [1.807, 2.05) is 31.4 Å². The number of ether oxygens (including phenoxy) is 1. The second-order valence-electron chi connectivity index (χ2n) is 7.31. The Kier molecular flexibility index (Phi) is 4.92. The molecular formula is C22H24FN3O. The molecule has 0 atom stereocenters. The van der Waals surface area contributed by atoms with Crippen LogP contribution < -0.4 is 4.74 Å². The number of hydrogen-bond acceptors (Lipinski definition) is 3. The number of aromatic nitrogens is 3. The van der Waals surface area contributed by atoms with Gasteiger partial charge >= 0.3 is 0 Å². The third-order valence-corrected chi connectivity index (χ3v) is 5.37. The summed E-state index contributed by atoms with van der Waals surface area (Å²) in [5, 5.41) is 4.17. The molecular weight excluding hydrogens is 341 g/mol. The highest BCUT2D eigenvalue weighted by Gasteiger charge is 2.21. The van der Waals surface area contributed by atoms with Gasteiger partial charge in [-0.2, -0.15) is 5.10 Å². The molecule has 5 heteroatoms. The highest BCUT2D eigenvalue weighted by molar-refractivity contribution is 5.59. The third kappa shape index (κ3) is 3.72. The van der Waals surface area contributed by atoms with Gasteiger partial charge in [0.2, 0.25) is 0 Å². The lowest BCUT2D eigenvalue weighted by molar-refractivity contribution is 0.424. The molecule has 0 N–H and O–H groups in total. The maximum Gasteiger partial charge on any atom is 0.133 e. The lowest BCUT2D eigenvalue weighted by atomic mass is 9.83. The summed E-state index contributed by atoms with van der Waals surface area (Å²) in [5.41, 5.74) is 3.10. The predicted molar refractivity (Wildman–Crippen MR) is 103 cm³/mol. The van der Waals surface area contributed by atoms with Crippen LogP contribution in [0.5, 0.6) is 11.5 Å². The number of halogens is 1. The van der Waals surface area contributed by atoms with Crippen LogP contribution in [-0.2, 0) is 7.05 Å². The zero-order valence-electron chi connectivity index (χ0n) is 15.8. The van der Waals surface area contributed by atoms with Crippen molar-refractivity contribution in [3.05, 3.63) is 59.8 Å². The van der Waals surface area contributed by atoms with Crippen molar-refractivity contribution in [1.29, 1.82) is 0 Å². The van der Waals surface area contributed by atoms with Crippen LogP contribution in [0.1, 0.15) is 49.1 Å². The largest absolute Gasteiger partial charge is 0.457 e. The lowest BCUT2D eigenvalue weighted by Crippen LogP contribution is -2.08. The van der Waals surface area contributed by atoms with Gasteiger partial charge in [0.25, 0.3) is 0 Å². The summed E-state index contributed by atoms with van der Waals surface area (Å²) in [7, 11) is 1.86. The minimum Gasteiger partial charge on any atom is -0.457 e. The monoisotopic (exact) mass is 365 g/mol. The molecule has 1 aliphatic rings. The number of aryl methyl sites for hydroxylation is 1. The van der Waals surface area contributed by atoms with Crippen molar-refractivity contribution < 1.29 is 9.13 Å². The average Bonchev–Trinajstić information content (AvgIpc) is 3.13. The van der Waals surface area contributed by atoms with E-state index in [1.165, 1.54) is 19.3 Å². The number of nitrogens with zero attached hydrogens (tertiary/aromatic N) is 3. The topological polar surface area (TPSA) is 39.9 Å². The normalized spacial score (nSPS) is 15.1. The number of pyridine rings is 1. The first-order valence-corrected chi connectivity index (χ1v) is 9.54. The molecule has 4 nitrogen and oxygen atoms in total. The molecule has 0 radical (unpaired) electrons. The van der Waals surface area contributed by atoms with E-state index < -0.39 is 0 Å². The van der Waals surface area contributed by atoms with Gasteiger partial charge in [0, 0.05) is 36.6 Å². The minimum absolute atomic E-state index is 0.124. The fourth-order valence-corrected chi connectivity index (χ4v) is 3.84. The molecule has 0 unspecified atom stereocenters. The van der Waals surface area contributed by atoms with Gasteiger partial charge < -0.3 is 4.74 Å². The molecule has 1 saturated carbocycles. The fraction of sp³-hybridized carbons (Fsp3) is 0.364. The second kappa shape index (κ2) is 7.51. The van der Waals surface area contributed by atoms with Crippen LogP contribution in [-0.4, -0.2) is 14.8 Å². The van der Waals surface area contributed by atoms with E-state index in [2.05, 4.69) is 10.1 Å². The summed E-state index contributed by atoms with van der Waals surface area (Å²) in [5.74, 6) is 1.40. The molecule has 140 valence electrons. The molecule has 27 heavy (non-hydrogen) atoms. The first-order valence-electron chi connectivity index (χ1n) is 9.54. The Morgan fingerprint density at radius 2 is 1.96 bits per heavy atom. The molecule has 1 aliphatic carbocycles. The molecule has 2 heterocycles. The highest BCUT2D eigenvalue weighted by Crippen LogP contribution is 2.37. The average molecular weight is 365 g/mol. The Hall–Kier alpha value is -2.69. The maximum absolute atomic E-state index is 15.0. The quantitative estimate of drug-likeness (QED) is 0.589. The fourth-order valence-electron chi connectivity index (χ4n) is 3.84. The summed E-state index contributed by atoms with van der Waals surface area (Å²) in [6.07, 6.45) is 11.2. The molecule has 0 aliphatic heterocycles. The first kappa shape index (κ1) is 17.7. The number of rotatable bonds is 4. The standard InChI is InChI=1S/C22H24FN3O/c1-15-21(9-8-19(22(15)23)16-6-4-3-5-7-16)27-18-10-11-24-20(12-18)17-13-25-26(2)14-17/h8-14,16H,3-7H2,1-2H3. The van der Waals surface area contributed by atoms with Crippen LogP contribution in [0, 0.1) is 12.7 Å². The minimum atomic E-state index is -0.124. The van der Waals surface area contributed by atoms with E-state index in [0.29, 0.717) is 23.0 Å². The maximum atomic E-state index is 15.0. The van der Waals surface area contributed by atoms with Crippen molar-refractivity contribution in [2.75, 3.05) is 0 Å². The van der Waals surface area contributed by atoms with Crippen LogP contribution in [0.2, 0.25) is 0 Å². The van der Waals surface area contributed by atoms with Gasteiger partial charge in [0.05, 0.1) is 11.9 Å². The van der Waals surface area contributed by atoms with Crippen LogP contribution in [0.15, 0.2) is 42.9 Å². The van der Waals surface area contributed by atoms with E-state index in [4.69, 9.17) is 4.74 Å². The molecule has 1 fully saturated rings. The van der Waals surface area contributed by atoms with Crippen LogP contribution in [0.4, 0.5) is 4.39 Å². The molecule has 0 saturated heterocycles. The molecule has 3 aromatic rings. The van der Waals surface area contributed by atoms with Gasteiger partial charge in [-0.05, 0) is 43.4 Å². The van der Waals surface area contributed by atoms with Gasteiger partial charge in [-0.3, -0.25) is 9.67 Å². The van der Waals surface area contributed by atoms with Crippen molar-refractivity contribution in [3.63, 3.8) is 0 Å². The zero-order chi connectivity index (χ0) is 18.8. The van der Waals surface area contributed by atoms with Gasteiger partial charge in [-0.15, -0.1) is 0 Å². The Labute approximate surface area is 159 Å². The van der Waals surface area contributed by atoms with Crippen molar-refractivity contribution in [3.8, 4) is 22.8 Å². The number of hydrogen-bond donors (Lipinski definition) is 0. The van der Waals surface area contributed by atoms with E-state index in [-0.39, 0.29) is 5.82 Å². The lowest BCUT2D eigenvalue weighted by Gasteiger charge is -2.23. The SMILES string of the molecule is Cc1c(Oc2ccnc(-c3cnn(C)c3)c2)ccc(C2CCCCC2)c1F. The van der Waals surface area contributed by atoms with Crippen molar-refractivity contribution >= 4 is 0 Å². The summed E-state index contributed by atoms with van der Waals surface area (Å²) in [6.45, 7) is 1.79. The molecule has 0 bridgehead atoms. The summed E-state index contributed by atoms with van der Waals surface area (Å²) in [4.78, 5) is 4.37. The van der Waals surface area contributed by atoms with Crippen molar-refractivity contribution in [2.45, 2.75) is 44.9 Å². The van der Waals surface area contributed by atoms with Gasteiger partial charge in [0.1, 0.15) is 17.3 Å². The van der Waals surface area contributed by atoms with Gasteiger partial charge in [0.15, 0.2) is 0 Å². The van der Waals surface area contributed by atoms with Gasteiger partial charge in [-0.25, -0.2) is 4.39 Å².